The molecule has 5 aliphatic rings. The van der Waals surface area contributed by atoms with Crippen LogP contribution in [0.15, 0.2) is 267 Å². The van der Waals surface area contributed by atoms with Crippen LogP contribution in [0.5, 0.6) is 0 Å². The van der Waals surface area contributed by atoms with E-state index in [1.807, 2.05) is 0 Å². The molecular weight excluding hydrogens is 953 g/mol. The van der Waals surface area contributed by atoms with Crippen LogP contribution in [0.3, 0.4) is 0 Å². The van der Waals surface area contributed by atoms with Crippen LogP contribution in [0, 0.1) is 0 Å². The number of hydrogen-bond donors (Lipinski definition) is 2. The molecule has 0 amide bonds. The highest BCUT2D eigenvalue weighted by molar-refractivity contribution is 7.02. The van der Waals surface area contributed by atoms with Gasteiger partial charge in [0.15, 0.2) is 14.6 Å². The fraction of sp³-hybridized carbons (Fsp3) is 0.0278. The Balaban J connectivity index is 1.06. The van der Waals surface area contributed by atoms with E-state index < -0.39 is 0 Å². The van der Waals surface area contributed by atoms with Gasteiger partial charge in [-0.05, 0) is 139 Å². The number of fused-ring (bicyclic) bond motifs is 10. The maximum atomic E-state index is 4.01. The van der Waals surface area contributed by atoms with Crippen molar-refractivity contribution in [3.63, 3.8) is 0 Å². The number of benzene rings is 11. The average molecular weight is 1000 g/mol. The maximum absolute atomic E-state index is 4.01. The summed E-state index contributed by atoms with van der Waals surface area (Å²) in [7, 11) is 1.51. The number of nitrogens with one attached hydrogen (secondary N) is 2. The van der Waals surface area contributed by atoms with Crippen LogP contribution in [-0.4, -0.2) is 21.3 Å². The molecule has 4 aliphatic heterocycles. The first kappa shape index (κ1) is 45.5. The molecule has 2 N–H and O–H groups in total. The van der Waals surface area contributed by atoms with Crippen molar-refractivity contribution >= 4 is 116 Å². The van der Waals surface area contributed by atoms with Gasteiger partial charge in [-0.2, -0.15) is 0 Å². The predicted molar refractivity (Wildman–Crippen MR) is 340 cm³/mol. The average Bonchev–Trinajstić information content (AvgIpc) is 2.85. The van der Waals surface area contributed by atoms with Gasteiger partial charge in [0.25, 0.3) is 6.71 Å². The minimum atomic E-state index is -0.0490. The van der Waals surface area contributed by atoms with Gasteiger partial charge in [0.2, 0.25) is 0 Å². The van der Waals surface area contributed by atoms with Crippen LogP contribution in [-0.2, 0) is 0 Å². The summed E-state index contributed by atoms with van der Waals surface area (Å²) >= 11 is 0. The number of nitrogens with zero attached hydrogens (tertiary/aromatic N) is 2. The van der Waals surface area contributed by atoms with Gasteiger partial charge in [0, 0.05) is 68.4 Å². The van der Waals surface area contributed by atoms with Gasteiger partial charge in [-0.25, -0.2) is 0 Å². The van der Waals surface area contributed by atoms with Crippen LogP contribution in [0.25, 0.3) is 44.5 Å². The molecule has 1 atom stereocenters. The molecule has 11 aromatic carbocycles. The molecule has 0 radical (unpaired) electrons. The molecule has 368 valence electrons. The summed E-state index contributed by atoms with van der Waals surface area (Å²) in [4.78, 5) is 5.41. The van der Waals surface area contributed by atoms with Gasteiger partial charge < -0.3 is 20.4 Å². The van der Waals surface area contributed by atoms with Crippen molar-refractivity contribution in [2.45, 2.75) is 12.3 Å². The summed E-state index contributed by atoms with van der Waals surface area (Å²) in [6, 6.07) is 90.2. The highest BCUT2D eigenvalue weighted by Gasteiger charge is 2.50. The standard InChI is InChI=1S/C72H51B3N4/c1-7-20-46(21-8-1)50-34-38-56-62(42-50)78-64-44-52(48-24-11-3-12-25-48)36-40-58(64)75-59-41-37-53(49-26-13-4-14-27-49)45-65(59)79-63-43-51(47-22-9-2-10-23-47)35-39-57(63)74-69-67(68(73-56)71(78)70(75)72(69)79)66-60(76-54-28-15-5-16-29-54)32-19-33-61(66)77-55-30-17-6-18-31-55/h1-26,28-45,49,73-74,76-77H,27H2. The molecule has 1 unspecified atom stereocenters. The second-order valence-corrected chi connectivity index (χ2v) is 21.6. The molecule has 7 heteroatoms. The first-order valence-corrected chi connectivity index (χ1v) is 27.8. The molecule has 0 fully saturated rings. The molecule has 0 spiro atoms. The van der Waals surface area contributed by atoms with E-state index in [2.05, 4.69) is 287 Å². The van der Waals surface area contributed by atoms with Crippen LogP contribution in [0.1, 0.15) is 17.9 Å². The second kappa shape index (κ2) is 18.5. The topological polar surface area (TPSA) is 30.5 Å². The van der Waals surface area contributed by atoms with Crippen molar-refractivity contribution in [2.24, 2.45) is 0 Å². The summed E-state index contributed by atoms with van der Waals surface area (Å²) in [5.74, 6) is 0.274. The molecule has 11 aromatic rings. The van der Waals surface area contributed by atoms with E-state index in [-0.39, 0.29) is 12.6 Å². The molecule has 0 saturated heterocycles. The molecule has 79 heavy (non-hydrogen) atoms. The first-order chi connectivity index (χ1) is 39.2. The Morgan fingerprint density at radius 3 is 1.34 bits per heavy atom. The van der Waals surface area contributed by atoms with E-state index in [9.17, 15) is 0 Å². The third-order valence-corrected chi connectivity index (χ3v) is 17.1. The lowest BCUT2D eigenvalue weighted by molar-refractivity contribution is 0.854. The van der Waals surface area contributed by atoms with Crippen molar-refractivity contribution in [1.82, 2.24) is 0 Å². The quantitative estimate of drug-likeness (QED) is 0.141. The Morgan fingerprint density at radius 2 is 0.848 bits per heavy atom. The predicted octanol–water partition coefficient (Wildman–Crippen LogP) is 12.9. The number of para-hydroxylation sites is 2. The Bertz CT molecular complexity index is 4240. The fourth-order valence-corrected chi connectivity index (χ4v) is 13.6. The van der Waals surface area contributed by atoms with Gasteiger partial charge in [-0.1, -0.05) is 217 Å². The lowest BCUT2D eigenvalue weighted by atomic mass is 9.31. The summed E-state index contributed by atoms with van der Waals surface area (Å²) < 4.78 is 0. The summed E-state index contributed by atoms with van der Waals surface area (Å²) in [6.45, 7) is -0.0490. The van der Waals surface area contributed by atoms with Gasteiger partial charge >= 0.3 is 0 Å². The first-order valence-electron chi connectivity index (χ1n) is 27.8. The zero-order chi connectivity index (χ0) is 52.0. The van der Waals surface area contributed by atoms with Crippen LogP contribution in [0.4, 0.5) is 56.9 Å². The van der Waals surface area contributed by atoms with Crippen molar-refractivity contribution in [3.05, 3.63) is 273 Å². The monoisotopic (exact) mass is 1000 g/mol. The molecule has 1 aliphatic carbocycles. The Hall–Kier alpha value is -9.71. The van der Waals surface area contributed by atoms with Crippen molar-refractivity contribution in [1.29, 1.82) is 0 Å². The maximum Gasteiger partial charge on any atom is 0.252 e. The Morgan fingerprint density at radius 1 is 0.392 bits per heavy atom. The molecule has 16 rings (SSSR count). The largest absolute Gasteiger partial charge is 0.355 e. The third kappa shape index (κ3) is 7.48. The van der Waals surface area contributed by atoms with E-state index in [1.165, 1.54) is 117 Å². The SMILES string of the molecule is B1c2ccc(-c3ccccc3)cc2N2c3cc(-c4ccccc4)ccc3B3c4ccc(C5C=CC=CC5)cc4N4c5cc(-c6ccccc6)ccc5Bc5c(-c6c(Nc7ccccc7)cccc6Nc6ccccc6)c1c2c3c54. The minimum absolute atomic E-state index is 0.0490. The van der Waals surface area contributed by atoms with Gasteiger partial charge in [-0.3, -0.25) is 0 Å². The highest BCUT2D eigenvalue weighted by atomic mass is 15.2. The third-order valence-electron chi connectivity index (χ3n) is 17.1. The van der Waals surface area contributed by atoms with E-state index >= 15 is 0 Å². The van der Waals surface area contributed by atoms with Crippen molar-refractivity contribution in [2.75, 3.05) is 20.4 Å². The number of hydrogen-bond acceptors (Lipinski definition) is 4. The lowest BCUT2D eigenvalue weighted by Crippen LogP contribution is -2.67. The molecule has 4 nitrogen and oxygen atoms in total. The Kier molecular flexibility index (Phi) is 10.7. The van der Waals surface area contributed by atoms with Gasteiger partial charge in [0.1, 0.15) is 0 Å². The summed E-state index contributed by atoms with van der Waals surface area (Å²) in [5.41, 5.74) is 32.1. The number of allylic oxidation sites excluding steroid dienone is 4. The van der Waals surface area contributed by atoms with E-state index in [0.717, 1.165) is 49.3 Å². The second-order valence-electron chi connectivity index (χ2n) is 21.6. The molecule has 4 heterocycles. The normalized spacial score (nSPS) is 14.4. The molecule has 0 bridgehead atoms. The summed E-state index contributed by atoms with van der Waals surface area (Å²) in [6.07, 6.45) is 10.1. The lowest BCUT2D eigenvalue weighted by Gasteiger charge is -2.50. The van der Waals surface area contributed by atoms with Gasteiger partial charge in [0.05, 0.1) is 0 Å². The zero-order valence-corrected chi connectivity index (χ0v) is 43.6. The number of rotatable bonds is 9. The molecule has 0 saturated carbocycles. The van der Waals surface area contributed by atoms with Crippen LogP contribution in [0.2, 0.25) is 0 Å². The molecular formula is C72H51B3N4. The van der Waals surface area contributed by atoms with Crippen LogP contribution < -0.4 is 58.7 Å². The van der Waals surface area contributed by atoms with E-state index in [0.29, 0.717) is 0 Å². The highest BCUT2D eigenvalue weighted by Crippen LogP contribution is 2.50. The molecule has 0 aromatic heterocycles. The fourth-order valence-electron chi connectivity index (χ4n) is 13.6. The van der Waals surface area contributed by atoms with Gasteiger partial charge in [-0.15, -0.1) is 0 Å². The zero-order valence-electron chi connectivity index (χ0n) is 43.6. The van der Waals surface area contributed by atoms with E-state index in [1.54, 1.807) is 0 Å². The number of anilines is 10. The van der Waals surface area contributed by atoms with Crippen molar-refractivity contribution < 1.29 is 0 Å². The van der Waals surface area contributed by atoms with E-state index in [4.69, 9.17) is 0 Å². The Labute approximate surface area is 463 Å². The smallest absolute Gasteiger partial charge is 0.252 e. The summed E-state index contributed by atoms with van der Waals surface area (Å²) in [5, 5.41) is 8.02. The minimum Gasteiger partial charge on any atom is -0.355 e. The van der Waals surface area contributed by atoms with Crippen molar-refractivity contribution in [3.8, 4) is 44.5 Å². The van der Waals surface area contributed by atoms with Crippen LogP contribution >= 0.6 is 0 Å².